The number of fused-ring (bicyclic) bond motifs is 1. The summed E-state index contributed by atoms with van der Waals surface area (Å²) in [6, 6.07) is 68.4. The van der Waals surface area contributed by atoms with Gasteiger partial charge in [-0.25, -0.2) is 4.57 Å². The Morgan fingerprint density at radius 2 is 0.690 bits per heavy atom. The molecule has 9 rings (SSSR count). The predicted octanol–water partition coefficient (Wildman–Crippen LogP) is 13.6. The Labute approximate surface area is 418 Å². The van der Waals surface area contributed by atoms with Crippen LogP contribution in [-0.4, -0.2) is 37.1 Å². The molecule has 0 aromatic heterocycles. The van der Waals surface area contributed by atoms with Gasteiger partial charge in [0, 0.05) is 5.92 Å². The average Bonchev–Trinajstić information content (AvgIpc) is 3.43. The van der Waals surface area contributed by atoms with Crippen LogP contribution in [0.4, 0.5) is 0 Å². The fraction of sp³-hybridized carbons (Fsp3) is 0.250. The van der Waals surface area contributed by atoms with E-state index >= 15 is 0 Å². The summed E-state index contributed by atoms with van der Waals surface area (Å²) in [6.07, 6.45) is -4.94. The van der Waals surface area contributed by atoms with Gasteiger partial charge in [-0.15, -0.1) is 0 Å². The first-order valence-corrected chi connectivity index (χ1v) is 27.2. The normalized spacial score (nSPS) is 22.1. The molecule has 1 saturated carbocycles. The minimum Gasteiger partial charge on any atom is -0.370 e. The predicted molar refractivity (Wildman–Crippen MR) is 272 cm³/mol. The van der Waals surface area contributed by atoms with Crippen LogP contribution in [-0.2, 0) is 101 Å². The fourth-order valence-corrected chi connectivity index (χ4v) is 11.8. The first-order valence-electron chi connectivity index (χ1n) is 23.6. The van der Waals surface area contributed by atoms with E-state index in [2.05, 4.69) is 0 Å². The van der Waals surface area contributed by atoms with Gasteiger partial charge in [-0.3, -0.25) is 13.6 Å². The van der Waals surface area contributed by atoms with E-state index in [-0.39, 0.29) is 52.9 Å². The number of hydrogen-bond donors (Lipinski definition) is 0. The highest BCUT2D eigenvalue weighted by Crippen LogP contribution is 2.60. The van der Waals surface area contributed by atoms with Crippen LogP contribution in [0.1, 0.15) is 38.9 Å². The number of phosphoric acid groups is 1. The van der Waals surface area contributed by atoms with Crippen molar-refractivity contribution in [1.82, 2.24) is 0 Å². The highest BCUT2D eigenvalue weighted by Gasteiger charge is 2.60. The number of phosphoric ester groups is 1. The van der Waals surface area contributed by atoms with Crippen LogP contribution in [0.3, 0.4) is 0 Å². The van der Waals surface area contributed by atoms with Gasteiger partial charge in [0.25, 0.3) is 0 Å². The molecule has 0 unspecified atom stereocenters. The molecule has 0 amide bonds. The molecule has 1 heterocycles. The van der Waals surface area contributed by atoms with Crippen LogP contribution < -0.4 is 0 Å². The molecule has 0 spiro atoms. The molecule has 1 saturated heterocycles. The maximum absolute atomic E-state index is 14.9. The van der Waals surface area contributed by atoms with Crippen LogP contribution in [0, 0.1) is 5.92 Å². The summed E-state index contributed by atoms with van der Waals surface area (Å²) < 4.78 is 88.7. The molecular formula is C56H57O12P3. The molecule has 7 atom stereocenters. The topological polar surface area (TPSA) is 119 Å². The SMILES string of the molecule is O=[P@]1(OCc2ccccc2)OC[C@@H]2[C@@H](O1)[C@H](OP(OCc1ccccc1)OCc1ccccc1)[C@@H](OCc1ccccc1)[C@H](OP(OCc1ccccc1)OCc1ccccc1)[C@H]2OCc1ccccc1. The molecule has 15 heteroatoms. The lowest BCUT2D eigenvalue weighted by molar-refractivity contribution is -0.237. The Hall–Kier alpha value is -4.81. The lowest BCUT2D eigenvalue weighted by Gasteiger charge is -2.52. The summed E-state index contributed by atoms with van der Waals surface area (Å²) in [4.78, 5) is 0. The maximum Gasteiger partial charge on any atom is 0.475 e. The summed E-state index contributed by atoms with van der Waals surface area (Å²) >= 11 is 0. The molecule has 368 valence electrons. The Kier molecular flexibility index (Phi) is 19.3. The highest BCUT2D eigenvalue weighted by atomic mass is 31.2. The van der Waals surface area contributed by atoms with Crippen molar-refractivity contribution in [3.05, 3.63) is 251 Å². The Balaban J connectivity index is 1.12. The third-order valence-corrected chi connectivity index (χ3v) is 15.4. The van der Waals surface area contributed by atoms with Gasteiger partial charge in [-0.2, -0.15) is 0 Å². The summed E-state index contributed by atoms with van der Waals surface area (Å²) in [6.45, 7) is 0.940. The molecule has 0 bridgehead atoms. The third kappa shape index (κ3) is 15.4. The highest BCUT2D eigenvalue weighted by molar-refractivity contribution is 7.48. The minimum absolute atomic E-state index is 0.0243. The molecule has 7 aromatic carbocycles. The van der Waals surface area contributed by atoms with Gasteiger partial charge < -0.3 is 36.6 Å². The molecule has 2 fully saturated rings. The van der Waals surface area contributed by atoms with Crippen molar-refractivity contribution >= 4 is 25.0 Å². The first kappa shape index (κ1) is 51.1. The Bertz CT molecular complexity index is 2540. The Morgan fingerprint density at radius 3 is 1.06 bits per heavy atom. The second-order valence-electron chi connectivity index (χ2n) is 16.9. The molecule has 1 aliphatic carbocycles. The van der Waals surface area contributed by atoms with E-state index in [1.54, 1.807) is 0 Å². The van der Waals surface area contributed by atoms with Gasteiger partial charge in [-0.1, -0.05) is 212 Å². The largest absolute Gasteiger partial charge is 0.475 e. The second-order valence-corrected chi connectivity index (χ2v) is 20.9. The summed E-state index contributed by atoms with van der Waals surface area (Å²) in [5, 5.41) is 0. The van der Waals surface area contributed by atoms with E-state index in [4.69, 9.17) is 50.2 Å². The third-order valence-electron chi connectivity index (χ3n) is 11.8. The van der Waals surface area contributed by atoms with Gasteiger partial charge in [0.05, 0.1) is 59.0 Å². The van der Waals surface area contributed by atoms with E-state index < -0.39 is 61.5 Å². The van der Waals surface area contributed by atoms with Crippen LogP contribution in [0.5, 0.6) is 0 Å². The van der Waals surface area contributed by atoms with E-state index in [1.165, 1.54) is 0 Å². The average molecular weight is 1010 g/mol. The molecule has 7 aromatic rings. The number of rotatable bonds is 25. The van der Waals surface area contributed by atoms with Gasteiger partial charge in [0.1, 0.15) is 24.4 Å². The lowest BCUT2D eigenvalue weighted by atomic mass is 9.78. The molecule has 0 N–H and O–H groups in total. The minimum atomic E-state index is -4.27. The standard InChI is InChI=1S/C56H57O12P3/c57-71(64-42-50-34-20-7-21-35-50)65-43-51-52(58-36-44-22-8-1-9-23-44)55(66-69(60-38-46-26-12-3-13-27-46)61-39-47-28-14-4-15-29-47)54(59-37-45-24-10-2-11-25-45)56(53(51)68-71)67-70(62-40-48-30-16-5-17-31-48)63-41-49-32-18-6-19-33-49/h1-35,51-56H,36-43H2/t51-,52-,53+,54-,55+,56-,71-/m0/s1. The Morgan fingerprint density at radius 1 is 0.380 bits per heavy atom. The zero-order chi connectivity index (χ0) is 48.3. The summed E-state index contributed by atoms with van der Waals surface area (Å²) in [7, 11) is -8.59. The van der Waals surface area contributed by atoms with Gasteiger partial charge in [0.2, 0.25) is 0 Å². The smallest absolute Gasteiger partial charge is 0.370 e. The number of ether oxygens (including phenoxy) is 2. The fourth-order valence-electron chi connectivity index (χ4n) is 8.10. The van der Waals surface area contributed by atoms with Crippen LogP contribution >= 0.6 is 25.0 Å². The van der Waals surface area contributed by atoms with E-state index in [0.29, 0.717) is 0 Å². The van der Waals surface area contributed by atoms with Crippen molar-refractivity contribution in [3.8, 4) is 0 Å². The lowest BCUT2D eigenvalue weighted by Crippen LogP contribution is -2.65. The number of hydrogen-bond acceptors (Lipinski definition) is 12. The summed E-state index contributed by atoms with van der Waals surface area (Å²) in [5.74, 6) is -0.673. The van der Waals surface area contributed by atoms with Crippen LogP contribution in [0.2, 0.25) is 0 Å². The van der Waals surface area contributed by atoms with Crippen molar-refractivity contribution in [3.63, 3.8) is 0 Å². The quantitative estimate of drug-likeness (QED) is 0.0507. The van der Waals surface area contributed by atoms with E-state index in [1.807, 2.05) is 212 Å². The van der Waals surface area contributed by atoms with Crippen LogP contribution in [0.25, 0.3) is 0 Å². The van der Waals surface area contributed by atoms with Gasteiger partial charge in [0.15, 0.2) is 0 Å². The van der Waals surface area contributed by atoms with Crippen LogP contribution in [0.15, 0.2) is 212 Å². The molecule has 71 heavy (non-hydrogen) atoms. The van der Waals surface area contributed by atoms with Crippen molar-refractivity contribution in [2.75, 3.05) is 6.61 Å². The number of benzene rings is 7. The maximum atomic E-state index is 14.9. The monoisotopic (exact) mass is 1010 g/mol. The second kappa shape index (κ2) is 26.8. The van der Waals surface area contributed by atoms with Crippen molar-refractivity contribution in [2.45, 2.75) is 76.8 Å². The zero-order valence-electron chi connectivity index (χ0n) is 39.1. The molecule has 0 radical (unpaired) electrons. The first-order chi connectivity index (χ1) is 35.0. The van der Waals surface area contributed by atoms with Gasteiger partial charge in [-0.05, 0) is 38.9 Å². The molecule has 12 nitrogen and oxygen atoms in total. The van der Waals surface area contributed by atoms with E-state index in [0.717, 1.165) is 38.9 Å². The van der Waals surface area contributed by atoms with Crippen molar-refractivity contribution in [1.29, 1.82) is 0 Å². The van der Waals surface area contributed by atoms with E-state index in [9.17, 15) is 4.57 Å². The summed E-state index contributed by atoms with van der Waals surface area (Å²) in [5.41, 5.74) is 6.31. The van der Waals surface area contributed by atoms with Crippen molar-refractivity contribution in [2.24, 2.45) is 5.92 Å². The van der Waals surface area contributed by atoms with Crippen molar-refractivity contribution < 1.29 is 54.8 Å². The molecular weight excluding hydrogens is 958 g/mol. The zero-order valence-corrected chi connectivity index (χ0v) is 41.8. The molecule has 2 aliphatic rings. The van der Waals surface area contributed by atoms with Gasteiger partial charge >= 0.3 is 25.0 Å². The molecule has 1 aliphatic heterocycles.